The van der Waals surface area contributed by atoms with Crippen LogP contribution >= 0.6 is 0 Å². The summed E-state index contributed by atoms with van der Waals surface area (Å²) in [5, 5.41) is 3.47. The monoisotopic (exact) mass is 234 g/mol. The van der Waals surface area contributed by atoms with Crippen molar-refractivity contribution < 1.29 is 4.74 Å². The van der Waals surface area contributed by atoms with E-state index >= 15 is 0 Å². The normalized spacial score (nSPS) is 20.0. The topological polar surface area (TPSA) is 24.5 Å². The molecule has 1 aromatic rings. The van der Waals surface area contributed by atoms with E-state index in [4.69, 9.17) is 4.74 Å². The van der Waals surface area contributed by atoms with Crippen LogP contribution in [0.15, 0.2) is 30.3 Å². The van der Waals surface area contributed by atoms with Crippen LogP contribution < -0.4 is 5.32 Å². The van der Waals surface area contributed by atoms with Crippen molar-refractivity contribution in [2.24, 2.45) is 0 Å². The molecule has 0 bridgehead atoms. The van der Waals surface area contributed by atoms with Gasteiger partial charge in [-0.2, -0.15) is 0 Å². The predicted molar refractivity (Wildman–Crippen MR) is 70.0 cm³/mol. The molecular formula is C14H22N2O. The SMILES string of the molecule is CN(CCNCc1ccccc1)C1CCOC1. The molecule has 1 unspecified atom stereocenters. The van der Waals surface area contributed by atoms with Crippen molar-refractivity contribution in [3.8, 4) is 0 Å². The van der Waals surface area contributed by atoms with Crippen molar-refractivity contribution >= 4 is 0 Å². The van der Waals surface area contributed by atoms with Crippen LogP contribution in [0, 0.1) is 0 Å². The van der Waals surface area contributed by atoms with E-state index in [0.29, 0.717) is 6.04 Å². The van der Waals surface area contributed by atoms with Crippen LogP contribution in [0.1, 0.15) is 12.0 Å². The lowest BCUT2D eigenvalue weighted by atomic mass is 10.2. The van der Waals surface area contributed by atoms with Gasteiger partial charge in [0.05, 0.1) is 6.61 Å². The van der Waals surface area contributed by atoms with E-state index < -0.39 is 0 Å². The Morgan fingerprint density at radius 2 is 2.18 bits per heavy atom. The number of ether oxygens (including phenoxy) is 1. The molecule has 1 aromatic carbocycles. The summed E-state index contributed by atoms with van der Waals surface area (Å²) in [5.41, 5.74) is 1.35. The molecule has 0 saturated carbocycles. The zero-order valence-corrected chi connectivity index (χ0v) is 10.6. The third-order valence-corrected chi connectivity index (χ3v) is 3.34. The molecule has 2 rings (SSSR count). The summed E-state index contributed by atoms with van der Waals surface area (Å²) in [6, 6.07) is 11.1. The fourth-order valence-electron chi connectivity index (χ4n) is 2.14. The van der Waals surface area contributed by atoms with Crippen molar-refractivity contribution in [2.45, 2.75) is 19.0 Å². The van der Waals surface area contributed by atoms with E-state index in [9.17, 15) is 0 Å². The first kappa shape index (κ1) is 12.6. The molecule has 1 aliphatic heterocycles. The molecule has 94 valence electrons. The summed E-state index contributed by atoms with van der Waals surface area (Å²) in [6.45, 7) is 4.89. The molecule has 3 nitrogen and oxygen atoms in total. The fourth-order valence-corrected chi connectivity index (χ4v) is 2.14. The first-order chi connectivity index (χ1) is 8.36. The van der Waals surface area contributed by atoms with Crippen LogP contribution in [-0.2, 0) is 11.3 Å². The summed E-state index contributed by atoms with van der Waals surface area (Å²) < 4.78 is 5.39. The standard InChI is InChI=1S/C14H22N2O/c1-16(14-7-10-17-12-14)9-8-15-11-13-5-3-2-4-6-13/h2-6,14-15H,7-12H2,1H3. The minimum atomic E-state index is 0.619. The minimum Gasteiger partial charge on any atom is -0.380 e. The van der Waals surface area contributed by atoms with Crippen LogP contribution in [0.4, 0.5) is 0 Å². The number of nitrogens with zero attached hydrogens (tertiary/aromatic N) is 1. The second-order valence-corrected chi connectivity index (χ2v) is 4.66. The van der Waals surface area contributed by atoms with Gasteiger partial charge in [-0.25, -0.2) is 0 Å². The van der Waals surface area contributed by atoms with Gasteiger partial charge in [-0.3, -0.25) is 4.90 Å². The van der Waals surface area contributed by atoms with E-state index in [1.807, 2.05) is 0 Å². The van der Waals surface area contributed by atoms with Gasteiger partial charge in [-0.15, -0.1) is 0 Å². The van der Waals surface area contributed by atoms with Gasteiger partial charge in [-0.05, 0) is 19.0 Å². The Bertz CT molecular complexity index is 309. The lowest BCUT2D eigenvalue weighted by Gasteiger charge is -2.22. The number of hydrogen-bond donors (Lipinski definition) is 1. The predicted octanol–water partition coefficient (Wildman–Crippen LogP) is 1.50. The molecule has 1 heterocycles. The van der Waals surface area contributed by atoms with Gasteiger partial charge >= 0.3 is 0 Å². The second-order valence-electron chi connectivity index (χ2n) is 4.66. The highest BCUT2D eigenvalue weighted by atomic mass is 16.5. The number of hydrogen-bond acceptors (Lipinski definition) is 3. The van der Waals surface area contributed by atoms with Gasteiger partial charge in [0.15, 0.2) is 0 Å². The highest BCUT2D eigenvalue weighted by Crippen LogP contribution is 2.09. The number of nitrogens with one attached hydrogen (secondary N) is 1. The average Bonchev–Trinajstić information content (AvgIpc) is 2.89. The van der Waals surface area contributed by atoms with Crippen LogP contribution in [0.2, 0.25) is 0 Å². The molecule has 1 N–H and O–H groups in total. The molecule has 17 heavy (non-hydrogen) atoms. The maximum atomic E-state index is 5.39. The molecule has 0 amide bonds. The third kappa shape index (κ3) is 4.11. The molecule has 1 aliphatic rings. The van der Waals surface area contributed by atoms with Crippen molar-refractivity contribution in [3.63, 3.8) is 0 Å². The van der Waals surface area contributed by atoms with Gasteiger partial charge in [0.2, 0.25) is 0 Å². The van der Waals surface area contributed by atoms with Crippen LogP contribution in [0.5, 0.6) is 0 Å². The van der Waals surface area contributed by atoms with Crippen LogP contribution in [0.3, 0.4) is 0 Å². The highest BCUT2D eigenvalue weighted by molar-refractivity contribution is 5.14. The smallest absolute Gasteiger partial charge is 0.0622 e. The molecule has 1 fully saturated rings. The molecule has 0 aromatic heterocycles. The summed E-state index contributed by atoms with van der Waals surface area (Å²) in [7, 11) is 2.18. The summed E-state index contributed by atoms with van der Waals surface area (Å²) >= 11 is 0. The Labute approximate surface area is 104 Å². The van der Waals surface area contributed by atoms with Crippen LogP contribution in [-0.4, -0.2) is 44.3 Å². The molecule has 3 heteroatoms. The summed E-state index contributed by atoms with van der Waals surface area (Å²) in [4.78, 5) is 2.39. The molecule has 0 aliphatic carbocycles. The molecule has 0 spiro atoms. The van der Waals surface area contributed by atoms with E-state index in [0.717, 1.165) is 32.8 Å². The Morgan fingerprint density at radius 1 is 1.35 bits per heavy atom. The molecular weight excluding hydrogens is 212 g/mol. The Kier molecular flexibility index (Phi) is 4.98. The van der Waals surface area contributed by atoms with E-state index in [1.54, 1.807) is 0 Å². The zero-order chi connectivity index (χ0) is 11.9. The van der Waals surface area contributed by atoms with Crippen molar-refractivity contribution in [1.29, 1.82) is 0 Å². The fraction of sp³-hybridized carbons (Fsp3) is 0.571. The Hall–Kier alpha value is -0.900. The first-order valence-corrected chi connectivity index (χ1v) is 6.39. The maximum absolute atomic E-state index is 5.39. The zero-order valence-electron chi connectivity index (χ0n) is 10.6. The molecule has 1 atom stereocenters. The average molecular weight is 234 g/mol. The van der Waals surface area contributed by atoms with Crippen molar-refractivity contribution in [3.05, 3.63) is 35.9 Å². The van der Waals surface area contributed by atoms with Gasteiger partial charge in [0.25, 0.3) is 0 Å². The number of benzene rings is 1. The first-order valence-electron chi connectivity index (χ1n) is 6.39. The largest absolute Gasteiger partial charge is 0.380 e. The van der Waals surface area contributed by atoms with Crippen molar-refractivity contribution in [1.82, 2.24) is 10.2 Å². The third-order valence-electron chi connectivity index (χ3n) is 3.34. The van der Waals surface area contributed by atoms with Gasteiger partial charge < -0.3 is 10.1 Å². The second kappa shape index (κ2) is 6.74. The van der Waals surface area contributed by atoms with Gasteiger partial charge in [0, 0.05) is 32.3 Å². The Balaban J connectivity index is 1.59. The van der Waals surface area contributed by atoms with Crippen molar-refractivity contribution in [2.75, 3.05) is 33.4 Å². The van der Waals surface area contributed by atoms with E-state index in [2.05, 4.69) is 47.6 Å². The lowest BCUT2D eigenvalue weighted by Crippen LogP contribution is -2.37. The van der Waals surface area contributed by atoms with Crippen LogP contribution in [0.25, 0.3) is 0 Å². The number of likely N-dealkylation sites (N-methyl/N-ethyl adjacent to an activating group) is 1. The minimum absolute atomic E-state index is 0.619. The highest BCUT2D eigenvalue weighted by Gasteiger charge is 2.19. The summed E-state index contributed by atoms with van der Waals surface area (Å²) in [6.07, 6.45) is 1.18. The molecule has 0 radical (unpaired) electrons. The van der Waals surface area contributed by atoms with Gasteiger partial charge in [0.1, 0.15) is 0 Å². The maximum Gasteiger partial charge on any atom is 0.0622 e. The van der Waals surface area contributed by atoms with E-state index in [1.165, 1.54) is 12.0 Å². The quantitative estimate of drug-likeness (QED) is 0.755. The lowest BCUT2D eigenvalue weighted by molar-refractivity contribution is 0.159. The summed E-state index contributed by atoms with van der Waals surface area (Å²) in [5.74, 6) is 0. The van der Waals surface area contributed by atoms with Gasteiger partial charge in [-0.1, -0.05) is 30.3 Å². The number of rotatable bonds is 6. The Morgan fingerprint density at radius 3 is 2.88 bits per heavy atom. The molecule has 1 saturated heterocycles. The van der Waals surface area contributed by atoms with E-state index in [-0.39, 0.29) is 0 Å².